The molecule has 0 bridgehead atoms. The molecule has 0 spiro atoms. The summed E-state index contributed by atoms with van der Waals surface area (Å²) in [5.74, 6) is -1.18. The number of nitrogens with zero attached hydrogens (tertiary/aromatic N) is 1. The monoisotopic (exact) mass is 386 g/mol. The van der Waals surface area contributed by atoms with Crippen molar-refractivity contribution in [2.45, 2.75) is 52.1 Å². The van der Waals surface area contributed by atoms with Crippen molar-refractivity contribution in [1.29, 1.82) is 0 Å². The zero-order valence-corrected chi connectivity index (χ0v) is 16.1. The van der Waals surface area contributed by atoms with E-state index in [4.69, 9.17) is 9.52 Å². The SMILES string of the molecule is Cc1oc(CN(C)C(=O)CS(=O)(=O)NC2CCC(C)CC2)cc1C(=O)O. The molecule has 2 rings (SSSR count). The summed E-state index contributed by atoms with van der Waals surface area (Å²) in [5.41, 5.74) is 0.0293. The Bertz CT molecular complexity index is 762. The molecule has 0 atom stereocenters. The topological polar surface area (TPSA) is 117 Å². The van der Waals surface area contributed by atoms with Crippen molar-refractivity contribution in [2.75, 3.05) is 12.8 Å². The first kappa shape index (κ1) is 20.4. The van der Waals surface area contributed by atoms with Crippen LogP contribution in [0.4, 0.5) is 0 Å². The predicted molar refractivity (Wildman–Crippen MR) is 95.2 cm³/mol. The van der Waals surface area contributed by atoms with Gasteiger partial charge >= 0.3 is 5.97 Å². The van der Waals surface area contributed by atoms with E-state index in [2.05, 4.69) is 11.6 Å². The van der Waals surface area contributed by atoms with Gasteiger partial charge < -0.3 is 14.4 Å². The lowest BCUT2D eigenvalue weighted by molar-refractivity contribution is -0.127. The lowest BCUT2D eigenvalue weighted by Gasteiger charge is -2.26. The van der Waals surface area contributed by atoms with Crippen molar-refractivity contribution >= 4 is 21.9 Å². The van der Waals surface area contributed by atoms with Gasteiger partial charge in [-0.05, 0) is 44.6 Å². The highest BCUT2D eigenvalue weighted by Gasteiger charge is 2.26. The fourth-order valence-corrected chi connectivity index (χ4v) is 4.47. The van der Waals surface area contributed by atoms with Crippen molar-refractivity contribution in [2.24, 2.45) is 5.92 Å². The molecule has 9 heteroatoms. The first-order valence-corrected chi connectivity index (χ1v) is 10.3. The number of carboxylic acid groups (broad SMARTS) is 1. The number of hydrogen-bond acceptors (Lipinski definition) is 5. The standard InChI is InChI=1S/C17H26N2O6S/c1-11-4-6-13(7-5-11)18-26(23,24)10-16(20)19(3)9-14-8-15(17(21)22)12(2)25-14/h8,11,13,18H,4-7,9-10H2,1-3H3,(H,21,22). The summed E-state index contributed by atoms with van der Waals surface area (Å²) in [6.45, 7) is 3.67. The number of furan rings is 1. The maximum Gasteiger partial charge on any atom is 0.339 e. The van der Waals surface area contributed by atoms with Crippen LogP contribution in [0.5, 0.6) is 0 Å². The van der Waals surface area contributed by atoms with E-state index < -0.39 is 27.7 Å². The van der Waals surface area contributed by atoms with Crippen molar-refractivity contribution in [3.63, 3.8) is 0 Å². The predicted octanol–water partition coefficient (Wildman–Crippen LogP) is 1.74. The van der Waals surface area contributed by atoms with Crippen LogP contribution in [0.25, 0.3) is 0 Å². The molecule has 2 N–H and O–H groups in total. The van der Waals surface area contributed by atoms with Crippen LogP contribution >= 0.6 is 0 Å². The minimum absolute atomic E-state index is 0.00339. The minimum Gasteiger partial charge on any atom is -0.478 e. The third-order valence-electron chi connectivity index (χ3n) is 4.69. The summed E-state index contributed by atoms with van der Waals surface area (Å²) in [5, 5.41) is 9.02. The van der Waals surface area contributed by atoms with Gasteiger partial charge in [0, 0.05) is 13.1 Å². The second-order valence-corrected chi connectivity index (χ2v) is 8.83. The van der Waals surface area contributed by atoms with Crippen LogP contribution in [-0.4, -0.2) is 49.1 Å². The van der Waals surface area contributed by atoms with Gasteiger partial charge in [-0.25, -0.2) is 17.9 Å². The molecule has 1 aliphatic carbocycles. The summed E-state index contributed by atoms with van der Waals surface area (Å²) < 4.78 is 32.4. The number of hydrogen-bond donors (Lipinski definition) is 2. The Morgan fingerprint density at radius 1 is 1.31 bits per heavy atom. The van der Waals surface area contributed by atoms with E-state index in [9.17, 15) is 18.0 Å². The van der Waals surface area contributed by atoms with E-state index in [1.807, 2.05) is 0 Å². The quantitative estimate of drug-likeness (QED) is 0.737. The number of aryl methyl sites for hydroxylation is 1. The molecule has 0 unspecified atom stereocenters. The second kappa shape index (κ2) is 8.22. The van der Waals surface area contributed by atoms with Gasteiger partial charge in [0.25, 0.3) is 0 Å². The smallest absolute Gasteiger partial charge is 0.339 e. The van der Waals surface area contributed by atoms with Gasteiger partial charge in [0.2, 0.25) is 15.9 Å². The van der Waals surface area contributed by atoms with E-state index in [1.54, 1.807) is 0 Å². The third-order valence-corrected chi connectivity index (χ3v) is 6.01. The van der Waals surface area contributed by atoms with Crippen molar-refractivity contribution < 1.29 is 27.5 Å². The highest BCUT2D eigenvalue weighted by atomic mass is 32.2. The van der Waals surface area contributed by atoms with E-state index in [1.165, 1.54) is 24.9 Å². The first-order valence-electron chi connectivity index (χ1n) is 8.64. The molecule has 1 aromatic rings. The fraction of sp³-hybridized carbons (Fsp3) is 0.647. The molecular formula is C17H26N2O6S. The highest BCUT2D eigenvalue weighted by molar-refractivity contribution is 7.90. The van der Waals surface area contributed by atoms with Gasteiger partial charge in [-0.2, -0.15) is 0 Å². The van der Waals surface area contributed by atoms with Crippen molar-refractivity contribution in [1.82, 2.24) is 9.62 Å². The van der Waals surface area contributed by atoms with Gasteiger partial charge in [-0.1, -0.05) is 6.92 Å². The van der Waals surface area contributed by atoms with E-state index in [0.29, 0.717) is 11.7 Å². The first-order chi connectivity index (χ1) is 12.1. The van der Waals surface area contributed by atoms with Gasteiger partial charge in [0.05, 0.1) is 6.54 Å². The maximum atomic E-state index is 12.2. The molecule has 26 heavy (non-hydrogen) atoms. The Labute approximate surface area is 153 Å². The Morgan fingerprint density at radius 2 is 1.92 bits per heavy atom. The average Bonchev–Trinajstić information content (AvgIpc) is 2.89. The Morgan fingerprint density at radius 3 is 2.46 bits per heavy atom. The second-order valence-electron chi connectivity index (χ2n) is 7.07. The molecule has 1 fully saturated rings. The largest absolute Gasteiger partial charge is 0.478 e. The molecule has 1 aliphatic rings. The van der Waals surface area contributed by atoms with Crippen LogP contribution in [0.1, 0.15) is 54.5 Å². The zero-order chi connectivity index (χ0) is 19.5. The lowest BCUT2D eigenvalue weighted by atomic mass is 9.88. The number of aromatic carboxylic acids is 1. The Kier molecular flexibility index (Phi) is 6.46. The van der Waals surface area contributed by atoms with Crippen molar-refractivity contribution in [3.8, 4) is 0 Å². The van der Waals surface area contributed by atoms with Crippen LogP contribution in [0.2, 0.25) is 0 Å². The van der Waals surface area contributed by atoms with Gasteiger partial charge in [0.15, 0.2) is 0 Å². The molecule has 0 saturated heterocycles. The van der Waals surface area contributed by atoms with Crippen LogP contribution in [0.3, 0.4) is 0 Å². The number of rotatable bonds is 7. The molecule has 0 radical (unpaired) electrons. The van der Waals surface area contributed by atoms with E-state index in [-0.39, 0.29) is 23.9 Å². The Hall–Kier alpha value is -1.87. The summed E-state index contributed by atoms with van der Waals surface area (Å²) >= 11 is 0. The normalized spacial score (nSPS) is 20.7. The number of nitrogens with one attached hydrogen (secondary N) is 1. The average molecular weight is 386 g/mol. The number of carboxylic acids is 1. The molecule has 8 nitrogen and oxygen atoms in total. The third kappa shape index (κ3) is 5.57. The number of amides is 1. The number of sulfonamides is 1. The van der Waals surface area contributed by atoms with Crippen LogP contribution in [0, 0.1) is 12.8 Å². The summed E-state index contributed by atoms with van der Waals surface area (Å²) in [4.78, 5) is 24.5. The summed E-state index contributed by atoms with van der Waals surface area (Å²) in [6.07, 6.45) is 3.53. The molecule has 1 aromatic heterocycles. The van der Waals surface area contributed by atoms with E-state index in [0.717, 1.165) is 25.7 Å². The van der Waals surface area contributed by atoms with Gasteiger partial charge in [0.1, 0.15) is 22.8 Å². The highest BCUT2D eigenvalue weighted by Crippen LogP contribution is 2.24. The minimum atomic E-state index is -3.72. The number of carbonyl (C=O) groups excluding carboxylic acids is 1. The summed E-state index contributed by atoms with van der Waals surface area (Å²) in [6, 6.07) is 1.23. The Balaban J connectivity index is 1.91. The maximum absolute atomic E-state index is 12.2. The van der Waals surface area contributed by atoms with E-state index >= 15 is 0 Å². The van der Waals surface area contributed by atoms with Gasteiger partial charge in [-0.3, -0.25) is 4.79 Å². The van der Waals surface area contributed by atoms with Crippen LogP contribution in [-0.2, 0) is 21.4 Å². The molecular weight excluding hydrogens is 360 g/mol. The lowest BCUT2D eigenvalue weighted by Crippen LogP contribution is -2.42. The zero-order valence-electron chi connectivity index (χ0n) is 15.3. The summed E-state index contributed by atoms with van der Waals surface area (Å²) in [7, 11) is -2.26. The van der Waals surface area contributed by atoms with Crippen LogP contribution < -0.4 is 4.72 Å². The molecule has 1 heterocycles. The molecule has 1 amide bonds. The van der Waals surface area contributed by atoms with Crippen LogP contribution in [0.15, 0.2) is 10.5 Å². The van der Waals surface area contributed by atoms with Gasteiger partial charge in [-0.15, -0.1) is 0 Å². The van der Waals surface area contributed by atoms with Crippen molar-refractivity contribution in [3.05, 3.63) is 23.2 Å². The fourth-order valence-electron chi connectivity index (χ4n) is 3.10. The molecule has 0 aromatic carbocycles. The molecule has 1 saturated carbocycles. The number of carbonyl (C=O) groups is 2. The molecule has 146 valence electrons. The molecule has 0 aliphatic heterocycles.